The maximum absolute atomic E-state index is 12.7. The van der Waals surface area contributed by atoms with Crippen molar-refractivity contribution in [3.05, 3.63) is 53.3 Å². The van der Waals surface area contributed by atoms with Gasteiger partial charge in [0.15, 0.2) is 0 Å². The summed E-state index contributed by atoms with van der Waals surface area (Å²) in [6, 6.07) is 11.5. The van der Waals surface area contributed by atoms with Crippen molar-refractivity contribution in [1.82, 2.24) is 0 Å². The molecule has 5 heteroatoms. The second-order valence-corrected chi connectivity index (χ2v) is 5.76. The van der Waals surface area contributed by atoms with E-state index in [1.807, 2.05) is 12.1 Å². The number of hydrogen-bond acceptors (Lipinski definition) is 3. The molecular weight excluding hydrogens is 297 g/mol. The van der Waals surface area contributed by atoms with E-state index in [0.29, 0.717) is 23.1 Å². The Bertz CT molecular complexity index is 562. The molecule has 2 aromatic carbocycles. The predicted molar refractivity (Wildman–Crippen MR) is 83.1 cm³/mol. The first-order valence-corrected chi connectivity index (χ1v) is 7.58. The molecule has 0 bridgehead atoms. The zero-order valence-electron chi connectivity index (χ0n) is 10.8. The van der Waals surface area contributed by atoms with Gasteiger partial charge in [0.2, 0.25) is 0 Å². The topological polar surface area (TPSA) is 35.2 Å². The summed E-state index contributed by atoms with van der Waals surface area (Å²) < 4.78 is 18.2. The number of benzene rings is 2. The molecule has 0 saturated heterocycles. The molecule has 0 atom stereocenters. The summed E-state index contributed by atoms with van der Waals surface area (Å²) >= 11 is 7.51. The van der Waals surface area contributed by atoms with Crippen LogP contribution in [0.5, 0.6) is 5.75 Å². The third-order valence-electron chi connectivity index (χ3n) is 2.60. The molecule has 0 unspecified atom stereocenters. The molecule has 0 aliphatic rings. The summed E-state index contributed by atoms with van der Waals surface area (Å²) in [5.74, 6) is 1.32. The van der Waals surface area contributed by atoms with Gasteiger partial charge in [0.1, 0.15) is 11.6 Å². The first-order valence-electron chi connectivity index (χ1n) is 6.21. The second-order valence-electron chi connectivity index (χ2n) is 4.19. The molecule has 2 aromatic rings. The van der Waals surface area contributed by atoms with Gasteiger partial charge in [-0.2, -0.15) is 0 Å². The van der Waals surface area contributed by atoms with E-state index in [1.165, 1.54) is 12.1 Å². The molecule has 0 amide bonds. The summed E-state index contributed by atoms with van der Waals surface area (Å²) in [7, 11) is 0. The maximum Gasteiger partial charge on any atom is 0.123 e. The van der Waals surface area contributed by atoms with Crippen LogP contribution in [0.4, 0.5) is 10.1 Å². The Hall–Kier alpha value is -1.39. The number of anilines is 1. The lowest BCUT2D eigenvalue weighted by molar-refractivity contribution is 0.318. The molecule has 2 nitrogen and oxygen atoms in total. The fourth-order valence-corrected chi connectivity index (χ4v) is 2.67. The Morgan fingerprint density at radius 3 is 2.60 bits per heavy atom. The lowest BCUT2D eigenvalue weighted by Crippen LogP contribution is -1.99. The molecule has 0 aliphatic heterocycles. The van der Waals surface area contributed by atoms with Crippen LogP contribution in [0.1, 0.15) is 6.42 Å². The number of hydrogen-bond donors (Lipinski definition) is 1. The Morgan fingerprint density at radius 1 is 1.15 bits per heavy atom. The maximum atomic E-state index is 12.7. The number of ether oxygens (including phenoxy) is 1. The first kappa shape index (κ1) is 15.0. The van der Waals surface area contributed by atoms with Gasteiger partial charge in [0.25, 0.3) is 0 Å². The Labute approximate surface area is 127 Å². The van der Waals surface area contributed by atoms with Crippen LogP contribution < -0.4 is 10.5 Å². The van der Waals surface area contributed by atoms with Gasteiger partial charge in [-0.3, -0.25) is 0 Å². The Kier molecular flexibility index (Phi) is 5.56. The number of rotatable bonds is 6. The Morgan fingerprint density at radius 2 is 1.90 bits per heavy atom. The molecule has 2 rings (SSSR count). The van der Waals surface area contributed by atoms with Crippen molar-refractivity contribution >= 4 is 29.1 Å². The predicted octanol–water partition coefficient (Wildman–Crippen LogP) is 4.62. The quantitative estimate of drug-likeness (QED) is 0.480. The van der Waals surface area contributed by atoms with Crippen LogP contribution in [-0.4, -0.2) is 12.4 Å². The summed E-state index contributed by atoms with van der Waals surface area (Å²) in [6.07, 6.45) is 0.879. The molecule has 0 aromatic heterocycles. The fourth-order valence-electron chi connectivity index (χ4n) is 1.61. The minimum atomic E-state index is -0.258. The highest BCUT2D eigenvalue weighted by Gasteiger charge is 2.01. The zero-order valence-corrected chi connectivity index (χ0v) is 12.4. The van der Waals surface area contributed by atoms with Crippen molar-refractivity contribution in [3.8, 4) is 5.75 Å². The molecule has 106 valence electrons. The van der Waals surface area contributed by atoms with Gasteiger partial charge in [0.05, 0.1) is 6.61 Å². The number of halogens is 2. The lowest BCUT2D eigenvalue weighted by Gasteiger charge is -2.07. The van der Waals surface area contributed by atoms with Crippen molar-refractivity contribution in [3.63, 3.8) is 0 Å². The molecule has 0 fully saturated rings. The van der Waals surface area contributed by atoms with Crippen LogP contribution >= 0.6 is 23.4 Å². The van der Waals surface area contributed by atoms with Crippen LogP contribution in [0, 0.1) is 5.82 Å². The van der Waals surface area contributed by atoms with Crippen LogP contribution in [0.25, 0.3) is 0 Å². The van der Waals surface area contributed by atoms with Crippen molar-refractivity contribution in [2.45, 2.75) is 11.3 Å². The molecule has 0 radical (unpaired) electrons. The monoisotopic (exact) mass is 311 g/mol. The highest BCUT2D eigenvalue weighted by Crippen LogP contribution is 2.28. The molecule has 20 heavy (non-hydrogen) atoms. The van der Waals surface area contributed by atoms with E-state index < -0.39 is 0 Å². The summed E-state index contributed by atoms with van der Waals surface area (Å²) in [4.78, 5) is 1.02. The van der Waals surface area contributed by atoms with E-state index in [2.05, 4.69) is 0 Å². The summed E-state index contributed by atoms with van der Waals surface area (Å²) in [5.41, 5.74) is 6.57. The number of nitrogen functional groups attached to an aromatic ring is 1. The van der Waals surface area contributed by atoms with Crippen LogP contribution in [0.15, 0.2) is 47.4 Å². The average Bonchev–Trinajstić information content (AvgIpc) is 2.42. The SMILES string of the molecule is Nc1cc(Cl)ccc1SCCCOc1ccc(F)cc1. The van der Waals surface area contributed by atoms with Crippen LogP contribution in [-0.2, 0) is 0 Å². The fraction of sp³-hybridized carbons (Fsp3) is 0.200. The first-order chi connectivity index (χ1) is 9.65. The van der Waals surface area contributed by atoms with Crippen molar-refractivity contribution in [2.24, 2.45) is 0 Å². The molecule has 2 N–H and O–H groups in total. The van der Waals surface area contributed by atoms with E-state index in [4.69, 9.17) is 22.1 Å². The summed E-state index contributed by atoms with van der Waals surface area (Å²) in [6.45, 7) is 0.589. The molecule has 0 saturated carbocycles. The van der Waals surface area contributed by atoms with E-state index in [0.717, 1.165) is 17.1 Å². The third kappa shape index (κ3) is 4.62. The molecule has 0 heterocycles. The van der Waals surface area contributed by atoms with Gasteiger partial charge in [-0.15, -0.1) is 11.8 Å². The number of nitrogens with two attached hydrogens (primary N) is 1. The van der Waals surface area contributed by atoms with Gasteiger partial charge >= 0.3 is 0 Å². The smallest absolute Gasteiger partial charge is 0.123 e. The van der Waals surface area contributed by atoms with Gasteiger partial charge < -0.3 is 10.5 Å². The largest absolute Gasteiger partial charge is 0.494 e. The normalized spacial score (nSPS) is 10.5. The third-order valence-corrected chi connectivity index (χ3v) is 4.01. The van der Waals surface area contributed by atoms with E-state index in [-0.39, 0.29) is 5.82 Å². The molecular formula is C15H15ClFNOS. The minimum Gasteiger partial charge on any atom is -0.494 e. The van der Waals surface area contributed by atoms with Crippen LogP contribution in [0.3, 0.4) is 0 Å². The highest BCUT2D eigenvalue weighted by molar-refractivity contribution is 7.99. The van der Waals surface area contributed by atoms with Crippen molar-refractivity contribution in [2.75, 3.05) is 18.1 Å². The lowest BCUT2D eigenvalue weighted by atomic mass is 10.3. The van der Waals surface area contributed by atoms with E-state index >= 15 is 0 Å². The van der Waals surface area contributed by atoms with E-state index in [9.17, 15) is 4.39 Å². The summed E-state index contributed by atoms with van der Waals surface area (Å²) in [5, 5.41) is 0.645. The Balaban J connectivity index is 1.70. The average molecular weight is 312 g/mol. The van der Waals surface area contributed by atoms with Crippen LogP contribution in [0.2, 0.25) is 5.02 Å². The standard InChI is InChI=1S/C15H15ClFNOS/c16-11-2-7-15(14(18)10-11)20-9-1-8-19-13-5-3-12(17)4-6-13/h2-7,10H,1,8-9,18H2. The number of thioether (sulfide) groups is 1. The van der Waals surface area contributed by atoms with Gasteiger partial charge in [-0.25, -0.2) is 4.39 Å². The van der Waals surface area contributed by atoms with Gasteiger partial charge in [-0.1, -0.05) is 11.6 Å². The van der Waals surface area contributed by atoms with Gasteiger partial charge in [0, 0.05) is 21.4 Å². The highest BCUT2D eigenvalue weighted by atomic mass is 35.5. The second kappa shape index (κ2) is 7.41. The minimum absolute atomic E-state index is 0.258. The molecule has 0 aliphatic carbocycles. The van der Waals surface area contributed by atoms with Crippen molar-refractivity contribution in [1.29, 1.82) is 0 Å². The van der Waals surface area contributed by atoms with Gasteiger partial charge in [-0.05, 0) is 48.9 Å². The van der Waals surface area contributed by atoms with Crippen molar-refractivity contribution < 1.29 is 9.13 Å². The zero-order chi connectivity index (χ0) is 14.4. The van der Waals surface area contributed by atoms with E-state index in [1.54, 1.807) is 30.0 Å². The molecule has 0 spiro atoms.